The maximum Gasteiger partial charge on any atom is 0.133 e. The summed E-state index contributed by atoms with van der Waals surface area (Å²) in [5.41, 5.74) is 5.48. The van der Waals surface area contributed by atoms with Crippen molar-refractivity contribution in [2.75, 3.05) is 13.6 Å². The highest BCUT2D eigenvalue weighted by atomic mass is 19.1. The number of hydrogen-bond acceptors (Lipinski definition) is 4. The van der Waals surface area contributed by atoms with Crippen LogP contribution in [0.5, 0.6) is 0 Å². The van der Waals surface area contributed by atoms with E-state index in [1.807, 2.05) is 26.2 Å². The van der Waals surface area contributed by atoms with Gasteiger partial charge in [-0.3, -0.25) is 19.7 Å². The number of fused-ring (bicyclic) bond motifs is 1. The minimum atomic E-state index is -0.250. The van der Waals surface area contributed by atoms with Crippen molar-refractivity contribution >= 4 is 10.9 Å². The molecule has 0 saturated heterocycles. The quantitative estimate of drug-likeness (QED) is 0.496. The van der Waals surface area contributed by atoms with E-state index in [4.69, 9.17) is 0 Å². The first-order valence-corrected chi connectivity index (χ1v) is 10.2. The maximum atomic E-state index is 15.3. The number of nitrogens with zero attached hydrogens (tertiary/aromatic N) is 5. The first-order chi connectivity index (χ1) is 14.4. The summed E-state index contributed by atoms with van der Waals surface area (Å²) in [6.07, 6.45) is 6.45. The van der Waals surface area contributed by atoms with E-state index in [-0.39, 0.29) is 11.9 Å². The standard InChI is InChI=1S/C23H27FN6/c1-6-7-29(4)15(3)16-8-14(2)22(19(24)9-16)20-10-18-21(12-25-20)27-28-23(18)17-11-26-30(5)13-17/h8-13,15H,6-7H2,1-5H3,(H,27,28). The third-order valence-corrected chi connectivity index (χ3v) is 5.71. The fraction of sp³-hybridized carbons (Fsp3) is 0.348. The second-order valence-corrected chi connectivity index (χ2v) is 7.94. The molecule has 0 aliphatic heterocycles. The highest BCUT2D eigenvalue weighted by molar-refractivity contribution is 5.94. The van der Waals surface area contributed by atoms with Gasteiger partial charge in [-0.05, 0) is 57.1 Å². The summed E-state index contributed by atoms with van der Waals surface area (Å²) < 4.78 is 17.0. The van der Waals surface area contributed by atoms with Crippen LogP contribution in [0.2, 0.25) is 0 Å². The Labute approximate surface area is 175 Å². The fourth-order valence-corrected chi connectivity index (χ4v) is 3.95. The highest BCUT2D eigenvalue weighted by Gasteiger charge is 2.19. The van der Waals surface area contributed by atoms with Crippen molar-refractivity contribution in [3.05, 3.63) is 53.7 Å². The zero-order chi connectivity index (χ0) is 21.4. The van der Waals surface area contributed by atoms with Gasteiger partial charge in [0.1, 0.15) is 11.5 Å². The van der Waals surface area contributed by atoms with E-state index in [1.165, 1.54) is 0 Å². The Balaban J connectivity index is 1.77. The molecule has 0 fully saturated rings. The first kappa shape index (κ1) is 20.2. The number of halogens is 1. The average Bonchev–Trinajstić information content (AvgIpc) is 3.32. The summed E-state index contributed by atoms with van der Waals surface area (Å²) in [6, 6.07) is 5.76. The number of aromatic amines is 1. The number of pyridine rings is 1. The van der Waals surface area contributed by atoms with Crippen molar-refractivity contribution in [2.45, 2.75) is 33.2 Å². The lowest BCUT2D eigenvalue weighted by Gasteiger charge is -2.25. The zero-order valence-corrected chi connectivity index (χ0v) is 18.1. The molecule has 3 aromatic heterocycles. The normalized spacial score (nSPS) is 12.8. The van der Waals surface area contributed by atoms with Gasteiger partial charge in [-0.25, -0.2) is 4.39 Å². The number of nitrogens with one attached hydrogen (secondary N) is 1. The van der Waals surface area contributed by atoms with Crippen LogP contribution in [0.4, 0.5) is 4.39 Å². The van der Waals surface area contributed by atoms with Crippen LogP contribution in [0.1, 0.15) is 37.4 Å². The third kappa shape index (κ3) is 3.61. The molecule has 0 aliphatic rings. The topological polar surface area (TPSA) is 62.6 Å². The van der Waals surface area contributed by atoms with Gasteiger partial charge in [-0.1, -0.05) is 13.0 Å². The molecule has 1 aromatic carbocycles. The Morgan fingerprint density at radius 1 is 1.23 bits per heavy atom. The highest BCUT2D eigenvalue weighted by Crippen LogP contribution is 2.33. The molecule has 0 spiro atoms. The molecule has 1 atom stereocenters. The molecule has 0 saturated carbocycles. The van der Waals surface area contributed by atoms with E-state index < -0.39 is 0 Å². The lowest BCUT2D eigenvalue weighted by atomic mass is 9.97. The second kappa shape index (κ2) is 7.99. The van der Waals surface area contributed by atoms with E-state index in [9.17, 15) is 0 Å². The van der Waals surface area contributed by atoms with Gasteiger partial charge in [0, 0.05) is 35.8 Å². The lowest BCUT2D eigenvalue weighted by Crippen LogP contribution is -2.23. The van der Waals surface area contributed by atoms with Crippen molar-refractivity contribution in [2.24, 2.45) is 7.05 Å². The molecule has 3 heterocycles. The SMILES string of the molecule is CCCN(C)C(C)c1cc(C)c(-c2cc3c(-c4cnn(C)c4)n[nH]c3cn2)c(F)c1. The largest absolute Gasteiger partial charge is 0.300 e. The second-order valence-electron chi connectivity index (χ2n) is 7.94. The fourth-order valence-electron chi connectivity index (χ4n) is 3.95. The number of rotatable bonds is 6. The summed E-state index contributed by atoms with van der Waals surface area (Å²) in [5, 5.41) is 12.5. The van der Waals surface area contributed by atoms with E-state index >= 15 is 4.39 Å². The monoisotopic (exact) mass is 406 g/mol. The Morgan fingerprint density at radius 3 is 2.70 bits per heavy atom. The van der Waals surface area contributed by atoms with Crippen LogP contribution in [0, 0.1) is 12.7 Å². The van der Waals surface area contributed by atoms with Crippen LogP contribution >= 0.6 is 0 Å². The van der Waals surface area contributed by atoms with Crippen molar-refractivity contribution in [3.8, 4) is 22.5 Å². The summed E-state index contributed by atoms with van der Waals surface area (Å²) in [6.45, 7) is 7.17. The van der Waals surface area contributed by atoms with Gasteiger partial charge in [-0.2, -0.15) is 10.2 Å². The first-order valence-electron chi connectivity index (χ1n) is 10.2. The Hall–Kier alpha value is -3.06. The van der Waals surface area contributed by atoms with Gasteiger partial charge in [0.15, 0.2) is 0 Å². The van der Waals surface area contributed by atoms with Crippen molar-refractivity contribution < 1.29 is 4.39 Å². The Kier molecular flexibility index (Phi) is 5.39. The van der Waals surface area contributed by atoms with Crippen LogP contribution in [0.15, 0.2) is 36.8 Å². The third-order valence-electron chi connectivity index (χ3n) is 5.71. The minimum Gasteiger partial charge on any atom is -0.300 e. The molecule has 0 aliphatic carbocycles. The van der Waals surface area contributed by atoms with Gasteiger partial charge >= 0.3 is 0 Å². The molecule has 6 nitrogen and oxygen atoms in total. The lowest BCUT2D eigenvalue weighted by molar-refractivity contribution is 0.261. The molecule has 30 heavy (non-hydrogen) atoms. The number of H-pyrrole nitrogens is 1. The number of benzene rings is 1. The van der Waals surface area contributed by atoms with E-state index in [2.05, 4.69) is 52.1 Å². The van der Waals surface area contributed by atoms with Crippen LogP contribution < -0.4 is 0 Å². The molecule has 4 aromatic rings. The molecule has 4 rings (SSSR count). The molecule has 156 valence electrons. The van der Waals surface area contributed by atoms with Gasteiger partial charge in [-0.15, -0.1) is 0 Å². The van der Waals surface area contributed by atoms with Crippen LogP contribution in [0.25, 0.3) is 33.4 Å². The minimum absolute atomic E-state index is 0.147. The molecule has 0 bridgehead atoms. The van der Waals surface area contributed by atoms with Gasteiger partial charge in [0.25, 0.3) is 0 Å². The van der Waals surface area contributed by atoms with E-state index in [1.54, 1.807) is 23.1 Å². The van der Waals surface area contributed by atoms with Crippen LogP contribution in [0.3, 0.4) is 0 Å². The molecular formula is C23H27FN6. The summed E-state index contributed by atoms with van der Waals surface area (Å²) in [5.74, 6) is -0.250. The van der Waals surface area contributed by atoms with Gasteiger partial charge < -0.3 is 0 Å². The molecule has 0 radical (unpaired) electrons. The molecule has 7 heteroatoms. The van der Waals surface area contributed by atoms with Gasteiger partial charge in [0.2, 0.25) is 0 Å². The number of aryl methyl sites for hydroxylation is 2. The Bertz CT molecular complexity index is 1170. The smallest absolute Gasteiger partial charge is 0.133 e. The van der Waals surface area contributed by atoms with Crippen LogP contribution in [-0.2, 0) is 7.05 Å². The van der Waals surface area contributed by atoms with Crippen molar-refractivity contribution in [1.82, 2.24) is 29.9 Å². The van der Waals surface area contributed by atoms with Crippen LogP contribution in [-0.4, -0.2) is 43.5 Å². The number of aromatic nitrogens is 5. The van der Waals surface area contributed by atoms with Gasteiger partial charge in [0.05, 0.1) is 23.6 Å². The predicted octanol–water partition coefficient (Wildman–Crippen LogP) is 4.88. The van der Waals surface area contributed by atoms with Crippen molar-refractivity contribution in [1.29, 1.82) is 0 Å². The molecular weight excluding hydrogens is 379 g/mol. The Morgan fingerprint density at radius 2 is 2.03 bits per heavy atom. The zero-order valence-electron chi connectivity index (χ0n) is 18.1. The summed E-state index contributed by atoms with van der Waals surface area (Å²) in [7, 11) is 3.94. The predicted molar refractivity (Wildman–Crippen MR) is 118 cm³/mol. The van der Waals surface area contributed by atoms with E-state index in [0.717, 1.165) is 46.3 Å². The number of hydrogen-bond donors (Lipinski definition) is 1. The van der Waals surface area contributed by atoms with E-state index in [0.29, 0.717) is 11.3 Å². The molecule has 1 N–H and O–H groups in total. The molecule has 0 amide bonds. The molecule has 1 unspecified atom stereocenters. The summed E-state index contributed by atoms with van der Waals surface area (Å²) in [4.78, 5) is 6.75. The average molecular weight is 407 g/mol. The van der Waals surface area contributed by atoms with Crippen molar-refractivity contribution in [3.63, 3.8) is 0 Å². The summed E-state index contributed by atoms with van der Waals surface area (Å²) >= 11 is 0. The maximum absolute atomic E-state index is 15.3.